The van der Waals surface area contributed by atoms with Crippen LogP contribution in [0.4, 0.5) is 0 Å². The van der Waals surface area contributed by atoms with Crippen molar-refractivity contribution < 1.29 is 0 Å². The number of hydrogen-bond acceptors (Lipinski definition) is 2. The average molecular weight is 182 g/mol. The standard InChI is InChI=1S/C11H22N2/c1-3-10(2)11(12)9-13-7-5-4-6-8-13/h4-5,10-11H,3,6-9,12H2,1-2H3. The Morgan fingerprint density at radius 1 is 1.46 bits per heavy atom. The normalized spacial score (nSPS) is 23.0. The molecule has 0 aromatic carbocycles. The third kappa shape index (κ3) is 3.49. The summed E-state index contributed by atoms with van der Waals surface area (Å²) in [6, 6.07) is 0.344. The molecule has 0 aromatic heterocycles. The van der Waals surface area contributed by atoms with Gasteiger partial charge in [0.25, 0.3) is 0 Å². The second kappa shape index (κ2) is 5.40. The van der Waals surface area contributed by atoms with Gasteiger partial charge in [-0.05, 0) is 12.3 Å². The molecule has 0 radical (unpaired) electrons. The highest BCUT2D eigenvalue weighted by Gasteiger charge is 2.15. The van der Waals surface area contributed by atoms with Gasteiger partial charge in [-0.1, -0.05) is 32.4 Å². The minimum Gasteiger partial charge on any atom is -0.326 e. The van der Waals surface area contributed by atoms with Crippen molar-refractivity contribution in [1.82, 2.24) is 4.90 Å². The fourth-order valence-corrected chi connectivity index (χ4v) is 1.64. The maximum Gasteiger partial charge on any atom is 0.0193 e. The van der Waals surface area contributed by atoms with E-state index >= 15 is 0 Å². The highest BCUT2D eigenvalue weighted by atomic mass is 15.1. The summed E-state index contributed by atoms with van der Waals surface area (Å²) >= 11 is 0. The Kier molecular flexibility index (Phi) is 4.46. The van der Waals surface area contributed by atoms with Crippen LogP contribution in [0.5, 0.6) is 0 Å². The molecule has 2 atom stereocenters. The number of rotatable bonds is 4. The van der Waals surface area contributed by atoms with E-state index in [9.17, 15) is 0 Å². The van der Waals surface area contributed by atoms with Gasteiger partial charge in [0.1, 0.15) is 0 Å². The second-order valence-electron chi connectivity index (χ2n) is 4.07. The quantitative estimate of drug-likeness (QED) is 0.669. The molecule has 0 saturated carbocycles. The molecule has 76 valence electrons. The summed E-state index contributed by atoms with van der Waals surface area (Å²) in [5.74, 6) is 0.644. The molecule has 2 N–H and O–H groups in total. The predicted molar refractivity (Wildman–Crippen MR) is 57.6 cm³/mol. The van der Waals surface area contributed by atoms with Crippen LogP contribution >= 0.6 is 0 Å². The molecular weight excluding hydrogens is 160 g/mol. The smallest absolute Gasteiger partial charge is 0.0193 e. The van der Waals surface area contributed by atoms with Crippen LogP contribution in [0.25, 0.3) is 0 Å². The first kappa shape index (κ1) is 10.7. The van der Waals surface area contributed by atoms with Gasteiger partial charge in [0.15, 0.2) is 0 Å². The molecule has 13 heavy (non-hydrogen) atoms. The van der Waals surface area contributed by atoms with E-state index in [-0.39, 0.29) is 0 Å². The molecule has 1 aliphatic rings. The maximum absolute atomic E-state index is 6.09. The Morgan fingerprint density at radius 3 is 2.77 bits per heavy atom. The summed E-state index contributed by atoms with van der Waals surface area (Å²) in [6.45, 7) is 7.77. The van der Waals surface area contributed by atoms with Crippen LogP contribution in [0.15, 0.2) is 12.2 Å². The Bertz CT molecular complexity index is 165. The Balaban J connectivity index is 2.26. The van der Waals surface area contributed by atoms with Crippen molar-refractivity contribution in [2.45, 2.75) is 32.7 Å². The van der Waals surface area contributed by atoms with Gasteiger partial charge in [0.2, 0.25) is 0 Å². The van der Waals surface area contributed by atoms with Gasteiger partial charge in [-0.15, -0.1) is 0 Å². The van der Waals surface area contributed by atoms with E-state index in [0.29, 0.717) is 12.0 Å². The molecule has 0 aromatic rings. The van der Waals surface area contributed by atoms with Crippen molar-refractivity contribution in [3.63, 3.8) is 0 Å². The van der Waals surface area contributed by atoms with E-state index < -0.39 is 0 Å². The van der Waals surface area contributed by atoms with E-state index in [2.05, 4.69) is 30.9 Å². The zero-order valence-corrected chi connectivity index (χ0v) is 8.87. The second-order valence-corrected chi connectivity index (χ2v) is 4.07. The predicted octanol–water partition coefficient (Wildman–Crippen LogP) is 1.62. The lowest BCUT2D eigenvalue weighted by Crippen LogP contribution is -2.42. The van der Waals surface area contributed by atoms with Crippen LogP contribution in [-0.4, -0.2) is 30.6 Å². The molecule has 0 spiro atoms. The largest absolute Gasteiger partial charge is 0.326 e. The lowest BCUT2D eigenvalue weighted by Gasteiger charge is -2.28. The topological polar surface area (TPSA) is 29.3 Å². The van der Waals surface area contributed by atoms with Gasteiger partial charge in [0.05, 0.1) is 0 Å². The van der Waals surface area contributed by atoms with Gasteiger partial charge in [-0.2, -0.15) is 0 Å². The molecule has 1 aliphatic heterocycles. The molecule has 0 aliphatic carbocycles. The first-order valence-electron chi connectivity index (χ1n) is 5.37. The van der Waals surface area contributed by atoms with Gasteiger partial charge in [-0.25, -0.2) is 0 Å². The van der Waals surface area contributed by atoms with Gasteiger partial charge < -0.3 is 5.73 Å². The maximum atomic E-state index is 6.09. The fraction of sp³-hybridized carbons (Fsp3) is 0.818. The van der Waals surface area contributed by atoms with Crippen LogP contribution in [0.3, 0.4) is 0 Å². The lowest BCUT2D eigenvalue weighted by atomic mass is 9.99. The average Bonchev–Trinajstić information content (AvgIpc) is 2.18. The highest BCUT2D eigenvalue weighted by Crippen LogP contribution is 2.09. The molecule has 0 amide bonds. The lowest BCUT2D eigenvalue weighted by molar-refractivity contribution is 0.249. The van der Waals surface area contributed by atoms with Gasteiger partial charge in [0, 0.05) is 25.7 Å². The number of nitrogens with two attached hydrogens (primary N) is 1. The molecule has 1 heterocycles. The van der Waals surface area contributed by atoms with Crippen molar-refractivity contribution >= 4 is 0 Å². The Morgan fingerprint density at radius 2 is 2.23 bits per heavy atom. The van der Waals surface area contributed by atoms with E-state index in [4.69, 9.17) is 5.73 Å². The van der Waals surface area contributed by atoms with Crippen molar-refractivity contribution in [2.75, 3.05) is 19.6 Å². The summed E-state index contributed by atoms with van der Waals surface area (Å²) in [6.07, 6.45) is 6.87. The van der Waals surface area contributed by atoms with Crippen LogP contribution in [0, 0.1) is 5.92 Å². The van der Waals surface area contributed by atoms with Crippen molar-refractivity contribution in [3.8, 4) is 0 Å². The molecule has 0 fully saturated rings. The zero-order chi connectivity index (χ0) is 9.68. The molecular formula is C11H22N2. The summed E-state index contributed by atoms with van der Waals surface area (Å²) in [4.78, 5) is 2.44. The summed E-state index contributed by atoms with van der Waals surface area (Å²) < 4.78 is 0. The minimum atomic E-state index is 0.344. The molecule has 0 bridgehead atoms. The van der Waals surface area contributed by atoms with Crippen LogP contribution in [0.2, 0.25) is 0 Å². The first-order valence-corrected chi connectivity index (χ1v) is 5.37. The Labute approximate surface area is 81.8 Å². The van der Waals surface area contributed by atoms with Gasteiger partial charge in [-0.3, -0.25) is 4.90 Å². The fourth-order valence-electron chi connectivity index (χ4n) is 1.64. The summed E-state index contributed by atoms with van der Waals surface area (Å²) in [7, 11) is 0. The van der Waals surface area contributed by atoms with Crippen molar-refractivity contribution in [3.05, 3.63) is 12.2 Å². The van der Waals surface area contributed by atoms with E-state index in [1.165, 1.54) is 19.4 Å². The van der Waals surface area contributed by atoms with Crippen LogP contribution in [0.1, 0.15) is 26.7 Å². The third-order valence-corrected chi connectivity index (χ3v) is 2.99. The molecule has 2 unspecified atom stereocenters. The third-order valence-electron chi connectivity index (χ3n) is 2.99. The first-order chi connectivity index (χ1) is 6.24. The van der Waals surface area contributed by atoms with E-state index in [0.717, 1.165) is 13.1 Å². The van der Waals surface area contributed by atoms with Crippen molar-refractivity contribution in [1.29, 1.82) is 0 Å². The molecule has 2 nitrogen and oxygen atoms in total. The number of nitrogens with zero attached hydrogens (tertiary/aromatic N) is 1. The minimum absolute atomic E-state index is 0.344. The molecule has 1 rings (SSSR count). The van der Waals surface area contributed by atoms with E-state index in [1.54, 1.807) is 0 Å². The van der Waals surface area contributed by atoms with Crippen LogP contribution in [-0.2, 0) is 0 Å². The summed E-state index contributed by atoms with van der Waals surface area (Å²) in [5, 5.41) is 0. The molecule has 0 saturated heterocycles. The van der Waals surface area contributed by atoms with E-state index in [1.807, 2.05) is 0 Å². The highest BCUT2D eigenvalue weighted by molar-refractivity contribution is 4.91. The SMILES string of the molecule is CCC(C)C(N)CN1CC=CCC1. The van der Waals surface area contributed by atoms with Gasteiger partial charge >= 0.3 is 0 Å². The Hall–Kier alpha value is -0.340. The zero-order valence-electron chi connectivity index (χ0n) is 8.87. The van der Waals surface area contributed by atoms with Crippen molar-refractivity contribution in [2.24, 2.45) is 11.7 Å². The van der Waals surface area contributed by atoms with Crippen LogP contribution < -0.4 is 5.73 Å². The monoisotopic (exact) mass is 182 g/mol. The summed E-state index contributed by atoms with van der Waals surface area (Å²) in [5.41, 5.74) is 6.09. The number of hydrogen-bond donors (Lipinski definition) is 1. The molecule has 2 heteroatoms.